The Morgan fingerprint density at radius 3 is 2.94 bits per heavy atom. The van der Waals surface area contributed by atoms with Gasteiger partial charge in [0.15, 0.2) is 11.5 Å². The molecule has 17 heavy (non-hydrogen) atoms. The molecule has 1 aliphatic heterocycles. The van der Waals surface area contributed by atoms with Gasteiger partial charge in [-0.2, -0.15) is 0 Å². The molecule has 1 aromatic carbocycles. The summed E-state index contributed by atoms with van der Waals surface area (Å²) in [6.07, 6.45) is 0. The van der Waals surface area contributed by atoms with Crippen LogP contribution >= 0.6 is 11.6 Å². The van der Waals surface area contributed by atoms with Gasteiger partial charge in [-0.3, -0.25) is 0 Å². The fraction of sp³-hybridized carbons (Fsp3) is 0.250. The maximum atomic E-state index is 5.76. The number of nitrogens with zero attached hydrogens (tertiary/aromatic N) is 1. The van der Waals surface area contributed by atoms with Crippen molar-refractivity contribution in [2.75, 3.05) is 6.79 Å². The van der Waals surface area contributed by atoms with Crippen LogP contribution in [-0.4, -0.2) is 16.8 Å². The number of aromatic amines is 1. The van der Waals surface area contributed by atoms with Gasteiger partial charge < -0.3 is 14.5 Å². The van der Waals surface area contributed by atoms with Crippen LogP contribution in [0.2, 0.25) is 0 Å². The van der Waals surface area contributed by atoms with Crippen molar-refractivity contribution in [1.82, 2.24) is 9.97 Å². The fourth-order valence-corrected chi connectivity index (χ4v) is 2.04. The zero-order valence-corrected chi connectivity index (χ0v) is 10.0. The minimum absolute atomic E-state index is 0.283. The van der Waals surface area contributed by atoms with Crippen molar-refractivity contribution in [3.05, 3.63) is 29.7 Å². The molecule has 1 aliphatic rings. The van der Waals surface area contributed by atoms with Crippen molar-refractivity contribution in [3.8, 4) is 22.8 Å². The smallest absolute Gasteiger partial charge is 0.231 e. The van der Waals surface area contributed by atoms with Crippen LogP contribution < -0.4 is 9.47 Å². The van der Waals surface area contributed by atoms with Crippen LogP contribution in [-0.2, 0) is 5.88 Å². The molecule has 3 rings (SSSR count). The first-order valence-electron chi connectivity index (χ1n) is 5.29. The standard InChI is InChI=1S/C12H11ClN2O2/c1-7-12(15-11(5-13)14-7)8-2-3-9-10(4-8)17-6-16-9/h2-4H,5-6H2,1H3,(H,14,15). The first-order chi connectivity index (χ1) is 8.28. The molecule has 0 saturated heterocycles. The van der Waals surface area contributed by atoms with E-state index in [4.69, 9.17) is 21.1 Å². The average molecular weight is 251 g/mol. The molecule has 2 aromatic rings. The highest BCUT2D eigenvalue weighted by Gasteiger charge is 2.16. The Balaban J connectivity index is 2.06. The molecule has 0 spiro atoms. The number of aryl methyl sites for hydroxylation is 1. The van der Waals surface area contributed by atoms with Crippen molar-refractivity contribution in [1.29, 1.82) is 0 Å². The van der Waals surface area contributed by atoms with E-state index in [0.717, 1.165) is 34.3 Å². The van der Waals surface area contributed by atoms with Crippen molar-refractivity contribution in [2.24, 2.45) is 0 Å². The Kier molecular flexibility index (Phi) is 2.44. The van der Waals surface area contributed by atoms with Crippen LogP contribution in [0.15, 0.2) is 18.2 Å². The highest BCUT2D eigenvalue weighted by molar-refractivity contribution is 6.16. The SMILES string of the molecule is Cc1[nH]c(CCl)nc1-c1ccc2c(c1)OCO2. The number of ether oxygens (including phenoxy) is 2. The number of H-pyrrole nitrogens is 1. The molecule has 0 aliphatic carbocycles. The zero-order valence-electron chi connectivity index (χ0n) is 9.29. The lowest BCUT2D eigenvalue weighted by molar-refractivity contribution is 0.174. The number of aromatic nitrogens is 2. The van der Waals surface area contributed by atoms with Gasteiger partial charge in [0.1, 0.15) is 5.82 Å². The van der Waals surface area contributed by atoms with Gasteiger partial charge in [-0.1, -0.05) is 0 Å². The normalized spacial score (nSPS) is 13.1. The number of alkyl halides is 1. The van der Waals surface area contributed by atoms with Crippen LogP contribution in [0.5, 0.6) is 11.5 Å². The number of hydrogen-bond acceptors (Lipinski definition) is 3. The number of fused-ring (bicyclic) bond motifs is 1. The van der Waals surface area contributed by atoms with Crippen LogP contribution in [0.1, 0.15) is 11.5 Å². The van der Waals surface area contributed by atoms with E-state index in [1.54, 1.807) is 0 Å². The Hall–Kier alpha value is -1.68. The molecule has 88 valence electrons. The molecule has 1 aromatic heterocycles. The third kappa shape index (κ3) is 1.74. The Morgan fingerprint density at radius 1 is 1.35 bits per heavy atom. The number of halogens is 1. The van der Waals surface area contributed by atoms with Crippen molar-refractivity contribution in [3.63, 3.8) is 0 Å². The maximum Gasteiger partial charge on any atom is 0.231 e. The lowest BCUT2D eigenvalue weighted by Gasteiger charge is -2.00. The second-order valence-corrected chi connectivity index (χ2v) is 4.13. The minimum Gasteiger partial charge on any atom is -0.454 e. The van der Waals surface area contributed by atoms with E-state index >= 15 is 0 Å². The summed E-state index contributed by atoms with van der Waals surface area (Å²) in [4.78, 5) is 7.59. The summed E-state index contributed by atoms with van der Waals surface area (Å²) in [5, 5.41) is 0. The van der Waals surface area contributed by atoms with E-state index in [0.29, 0.717) is 5.88 Å². The Labute approximate surface area is 104 Å². The first-order valence-corrected chi connectivity index (χ1v) is 5.83. The predicted molar refractivity (Wildman–Crippen MR) is 64.4 cm³/mol. The summed E-state index contributed by atoms with van der Waals surface area (Å²) in [5.41, 5.74) is 2.90. The highest BCUT2D eigenvalue weighted by Crippen LogP contribution is 2.36. The van der Waals surface area contributed by atoms with Gasteiger partial charge in [-0.15, -0.1) is 11.6 Å². The number of nitrogens with one attached hydrogen (secondary N) is 1. The Morgan fingerprint density at radius 2 is 2.18 bits per heavy atom. The molecule has 0 atom stereocenters. The van der Waals surface area contributed by atoms with Crippen molar-refractivity contribution in [2.45, 2.75) is 12.8 Å². The summed E-state index contributed by atoms with van der Waals surface area (Å²) in [5.74, 6) is 2.69. The van der Waals surface area contributed by atoms with Crippen LogP contribution in [0, 0.1) is 6.92 Å². The van der Waals surface area contributed by atoms with Gasteiger partial charge in [-0.05, 0) is 25.1 Å². The largest absolute Gasteiger partial charge is 0.454 e. The van der Waals surface area contributed by atoms with Gasteiger partial charge >= 0.3 is 0 Å². The molecule has 2 heterocycles. The number of imidazole rings is 1. The summed E-state index contributed by atoms with van der Waals surface area (Å²) in [6, 6.07) is 5.80. The second-order valence-electron chi connectivity index (χ2n) is 3.86. The molecular weight excluding hydrogens is 240 g/mol. The van der Waals surface area contributed by atoms with Gasteiger partial charge in [0.25, 0.3) is 0 Å². The molecule has 0 bridgehead atoms. The van der Waals surface area contributed by atoms with Crippen LogP contribution in [0.4, 0.5) is 0 Å². The highest BCUT2D eigenvalue weighted by atomic mass is 35.5. The van der Waals surface area contributed by atoms with Crippen molar-refractivity contribution >= 4 is 11.6 Å². The zero-order chi connectivity index (χ0) is 11.8. The van der Waals surface area contributed by atoms with Crippen LogP contribution in [0.25, 0.3) is 11.3 Å². The molecule has 0 radical (unpaired) electrons. The van der Waals surface area contributed by atoms with Gasteiger partial charge in [0, 0.05) is 11.3 Å². The first kappa shape index (κ1) is 10.5. The topological polar surface area (TPSA) is 47.1 Å². The van der Waals surface area contributed by atoms with E-state index in [9.17, 15) is 0 Å². The predicted octanol–water partition coefficient (Wildman–Crippen LogP) is 2.85. The quantitative estimate of drug-likeness (QED) is 0.834. The van der Waals surface area contributed by atoms with E-state index in [-0.39, 0.29) is 6.79 Å². The van der Waals surface area contributed by atoms with E-state index < -0.39 is 0 Å². The minimum atomic E-state index is 0.283. The summed E-state index contributed by atoms with van der Waals surface area (Å²) in [7, 11) is 0. The van der Waals surface area contributed by atoms with Crippen molar-refractivity contribution < 1.29 is 9.47 Å². The van der Waals surface area contributed by atoms with E-state index in [2.05, 4.69) is 9.97 Å². The Bertz CT molecular complexity index is 566. The summed E-state index contributed by atoms with van der Waals surface area (Å²) < 4.78 is 10.6. The number of rotatable bonds is 2. The third-order valence-corrected chi connectivity index (χ3v) is 2.96. The summed E-state index contributed by atoms with van der Waals surface area (Å²) in [6.45, 7) is 2.26. The molecule has 0 unspecified atom stereocenters. The average Bonchev–Trinajstić information content (AvgIpc) is 2.93. The fourth-order valence-electron chi connectivity index (χ4n) is 1.91. The lowest BCUT2D eigenvalue weighted by atomic mass is 10.1. The number of hydrogen-bond donors (Lipinski definition) is 1. The molecule has 0 saturated carbocycles. The molecule has 0 amide bonds. The maximum absolute atomic E-state index is 5.76. The number of benzene rings is 1. The van der Waals surface area contributed by atoms with Crippen LogP contribution in [0.3, 0.4) is 0 Å². The molecule has 1 N–H and O–H groups in total. The third-order valence-electron chi connectivity index (χ3n) is 2.71. The monoisotopic (exact) mass is 250 g/mol. The summed E-state index contributed by atoms with van der Waals surface area (Å²) >= 11 is 5.76. The molecule has 5 heteroatoms. The van der Waals surface area contributed by atoms with E-state index in [1.165, 1.54) is 0 Å². The molecular formula is C12H11ClN2O2. The van der Waals surface area contributed by atoms with Gasteiger partial charge in [-0.25, -0.2) is 4.98 Å². The lowest BCUT2D eigenvalue weighted by Crippen LogP contribution is -1.92. The van der Waals surface area contributed by atoms with Gasteiger partial charge in [0.2, 0.25) is 6.79 Å². The molecule has 0 fully saturated rings. The van der Waals surface area contributed by atoms with Gasteiger partial charge in [0.05, 0.1) is 11.6 Å². The second kappa shape index (κ2) is 3.96. The molecule has 4 nitrogen and oxygen atoms in total. The van der Waals surface area contributed by atoms with E-state index in [1.807, 2.05) is 25.1 Å².